The van der Waals surface area contributed by atoms with Gasteiger partial charge >= 0.3 is 0 Å². The summed E-state index contributed by atoms with van der Waals surface area (Å²) in [6, 6.07) is 14.1. The minimum Gasteiger partial charge on any atom is -0.472 e. The third-order valence-electron chi connectivity index (χ3n) is 4.17. The van der Waals surface area contributed by atoms with Gasteiger partial charge in [0.1, 0.15) is 0 Å². The number of halogens is 1. The summed E-state index contributed by atoms with van der Waals surface area (Å²) in [4.78, 5) is 17.1. The normalized spacial score (nSPS) is 12.2. The molecule has 2 aromatic carbocycles. The number of aliphatic imine (C=N–C) groups is 1. The maximum Gasteiger partial charge on any atom is 0.257 e. The van der Waals surface area contributed by atoms with Gasteiger partial charge in [-0.15, -0.1) is 0 Å². The van der Waals surface area contributed by atoms with Gasteiger partial charge in [0.15, 0.2) is 0 Å². The van der Waals surface area contributed by atoms with Crippen molar-refractivity contribution in [1.82, 2.24) is 0 Å². The summed E-state index contributed by atoms with van der Waals surface area (Å²) in [5.41, 5.74) is 5.18. The van der Waals surface area contributed by atoms with E-state index in [2.05, 4.69) is 10.3 Å². The van der Waals surface area contributed by atoms with Crippen molar-refractivity contribution in [3.63, 3.8) is 0 Å². The van der Waals surface area contributed by atoms with E-state index >= 15 is 0 Å². The number of nitrogens with one attached hydrogen (secondary N) is 1. The first-order valence-corrected chi connectivity index (χ1v) is 8.25. The molecule has 6 heteroatoms. The van der Waals surface area contributed by atoms with Crippen molar-refractivity contribution in [2.24, 2.45) is 4.99 Å². The number of anilines is 1. The highest BCUT2D eigenvalue weighted by molar-refractivity contribution is 6.34. The smallest absolute Gasteiger partial charge is 0.257 e. The highest BCUT2D eigenvalue weighted by Crippen LogP contribution is 2.27. The van der Waals surface area contributed by atoms with Crippen molar-refractivity contribution in [2.45, 2.75) is 6.54 Å². The van der Waals surface area contributed by atoms with Gasteiger partial charge in [0.05, 0.1) is 47.0 Å². The van der Waals surface area contributed by atoms with Gasteiger partial charge in [-0.3, -0.25) is 9.79 Å². The van der Waals surface area contributed by atoms with Crippen molar-refractivity contribution in [3.8, 4) is 6.07 Å². The lowest BCUT2D eigenvalue weighted by Gasteiger charge is -2.09. The van der Waals surface area contributed by atoms with Gasteiger partial charge in [0.2, 0.25) is 0 Å². The average Bonchev–Trinajstić information content (AvgIpc) is 3.30. The average molecular weight is 362 g/mol. The van der Waals surface area contributed by atoms with E-state index in [0.717, 1.165) is 22.4 Å². The second-order valence-electron chi connectivity index (χ2n) is 5.81. The van der Waals surface area contributed by atoms with E-state index in [-0.39, 0.29) is 10.9 Å². The topological polar surface area (TPSA) is 78.4 Å². The van der Waals surface area contributed by atoms with E-state index < -0.39 is 0 Å². The summed E-state index contributed by atoms with van der Waals surface area (Å²) in [5, 5.41) is 12.0. The lowest BCUT2D eigenvalue weighted by Crippen LogP contribution is -2.13. The molecule has 4 rings (SSSR count). The monoisotopic (exact) mass is 361 g/mol. The van der Waals surface area contributed by atoms with E-state index in [1.807, 2.05) is 30.3 Å². The number of benzene rings is 2. The molecule has 0 aliphatic carbocycles. The van der Waals surface area contributed by atoms with Gasteiger partial charge in [0, 0.05) is 16.8 Å². The van der Waals surface area contributed by atoms with Gasteiger partial charge in [-0.1, -0.05) is 17.7 Å². The van der Waals surface area contributed by atoms with Crippen LogP contribution in [0.25, 0.3) is 0 Å². The summed E-state index contributed by atoms with van der Waals surface area (Å²) in [6.45, 7) is 0.603. The van der Waals surface area contributed by atoms with Crippen LogP contribution in [0.3, 0.4) is 0 Å². The molecule has 0 saturated heterocycles. The van der Waals surface area contributed by atoms with Crippen LogP contribution < -0.4 is 5.32 Å². The van der Waals surface area contributed by atoms with Gasteiger partial charge in [0.25, 0.3) is 5.91 Å². The van der Waals surface area contributed by atoms with Gasteiger partial charge in [-0.05, 0) is 42.0 Å². The summed E-state index contributed by atoms with van der Waals surface area (Å²) in [5.74, 6) is -0.334. The minimum absolute atomic E-state index is 0.239. The van der Waals surface area contributed by atoms with Crippen molar-refractivity contribution in [3.05, 3.63) is 87.8 Å². The Labute approximate surface area is 154 Å². The van der Waals surface area contributed by atoms with Crippen LogP contribution in [0.15, 0.2) is 64.4 Å². The predicted octanol–water partition coefficient (Wildman–Crippen LogP) is 4.41. The van der Waals surface area contributed by atoms with Crippen LogP contribution in [0.5, 0.6) is 0 Å². The third kappa shape index (κ3) is 2.87. The Morgan fingerprint density at radius 2 is 2.12 bits per heavy atom. The van der Waals surface area contributed by atoms with Crippen molar-refractivity contribution < 1.29 is 9.21 Å². The SMILES string of the molecule is N#Cc1ccc(C(=O)Nc2ccc3c(c2)C(c2ccoc2)=NC3)c(Cl)c1. The fourth-order valence-corrected chi connectivity index (χ4v) is 3.14. The maximum absolute atomic E-state index is 12.5. The lowest BCUT2D eigenvalue weighted by molar-refractivity contribution is 0.102. The molecule has 1 aliphatic heterocycles. The predicted molar refractivity (Wildman–Crippen MR) is 98.6 cm³/mol. The van der Waals surface area contributed by atoms with Crippen LogP contribution in [0.4, 0.5) is 5.69 Å². The Hall–Kier alpha value is -3.36. The molecule has 1 N–H and O–H groups in total. The Bertz CT molecular complexity index is 1080. The summed E-state index contributed by atoms with van der Waals surface area (Å²) < 4.78 is 5.14. The second kappa shape index (κ2) is 6.51. The molecule has 1 aliphatic rings. The molecule has 26 heavy (non-hydrogen) atoms. The fourth-order valence-electron chi connectivity index (χ4n) is 2.88. The van der Waals surface area contributed by atoms with E-state index in [1.54, 1.807) is 24.7 Å². The highest BCUT2D eigenvalue weighted by Gasteiger charge is 2.19. The van der Waals surface area contributed by atoms with Crippen LogP contribution in [0.2, 0.25) is 5.02 Å². The molecule has 126 valence electrons. The first-order valence-electron chi connectivity index (χ1n) is 7.87. The number of hydrogen-bond donors (Lipinski definition) is 1. The molecule has 0 unspecified atom stereocenters. The zero-order valence-corrected chi connectivity index (χ0v) is 14.2. The van der Waals surface area contributed by atoms with Crippen LogP contribution >= 0.6 is 11.6 Å². The molecule has 5 nitrogen and oxygen atoms in total. The van der Waals surface area contributed by atoms with E-state index in [4.69, 9.17) is 21.3 Å². The van der Waals surface area contributed by atoms with Gasteiger partial charge < -0.3 is 9.73 Å². The first kappa shape index (κ1) is 16.1. The molecule has 0 fully saturated rings. The van der Waals surface area contributed by atoms with Crippen LogP contribution in [-0.4, -0.2) is 11.6 Å². The number of amides is 1. The maximum atomic E-state index is 12.5. The summed E-state index contributed by atoms with van der Waals surface area (Å²) >= 11 is 6.11. The number of nitriles is 1. The number of carbonyl (C=O) groups is 1. The zero-order valence-electron chi connectivity index (χ0n) is 13.5. The molecule has 0 spiro atoms. The minimum atomic E-state index is -0.334. The number of rotatable bonds is 3. The molecule has 0 radical (unpaired) electrons. The number of nitrogens with zero attached hydrogens (tertiary/aromatic N) is 2. The highest BCUT2D eigenvalue weighted by atomic mass is 35.5. The molecule has 0 bridgehead atoms. The fraction of sp³-hybridized carbons (Fsp3) is 0.0500. The van der Waals surface area contributed by atoms with E-state index in [0.29, 0.717) is 23.4 Å². The number of carbonyl (C=O) groups excluding carboxylic acids is 1. The Morgan fingerprint density at radius 1 is 1.23 bits per heavy atom. The Kier molecular flexibility index (Phi) is 4.04. The van der Waals surface area contributed by atoms with Gasteiger partial charge in [-0.25, -0.2) is 0 Å². The van der Waals surface area contributed by atoms with Crippen LogP contribution in [0.1, 0.15) is 32.6 Å². The molecule has 1 amide bonds. The molecular weight excluding hydrogens is 350 g/mol. The molecule has 0 saturated carbocycles. The van der Waals surface area contributed by atoms with Crippen LogP contribution in [-0.2, 0) is 6.54 Å². The quantitative estimate of drug-likeness (QED) is 0.750. The molecule has 2 heterocycles. The van der Waals surface area contributed by atoms with Crippen molar-refractivity contribution in [1.29, 1.82) is 5.26 Å². The standard InChI is InChI=1S/C20H12ClN3O2/c21-18-7-12(9-22)1-4-16(18)20(25)24-15-3-2-13-10-23-19(17(13)8-15)14-5-6-26-11-14/h1-8,11H,10H2,(H,24,25). The van der Waals surface area contributed by atoms with Crippen molar-refractivity contribution in [2.75, 3.05) is 5.32 Å². The molecule has 1 aromatic heterocycles. The lowest BCUT2D eigenvalue weighted by atomic mass is 10.0. The second-order valence-corrected chi connectivity index (χ2v) is 6.22. The molecule has 3 aromatic rings. The number of hydrogen-bond acceptors (Lipinski definition) is 4. The Morgan fingerprint density at radius 3 is 2.85 bits per heavy atom. The summed E-state index contributed by atoms with van der Waals surface area (Å²) in [6.07, 6.45) is 3.25. The van der Waals surface area contributed by atoms with Crippen molar-refractivity contribution >= 4 is 28.9 Å². The largest absolute Gasteiger partial charge is 0.472 e. The van der Waals surface area contributed by atoms with Crippen LogP contribution in [0, 0.1) is 11.3 Å². The summed E-state index contributed by atoms with van der Waals surface area (Å²) in [7, 11) is 0. The third-order valence-corrected chi connectivity index (χ3v) is 4.48. The number of fused-ring (bicyclic) bond motifs is 1. The zero-order chi connectivity index (χ0) is 18.1. The Balaban J connectivity index is 1.61. The molecular formula is C20H12ClN3O2. The first-order chi connectivity index (χ1) is 12.7. The van der Waals surface area contributed by atoms with E-state index in [1.165, 1.54) is 6.07 Å². The van der Waals surface area contributed by atoms with Gasteiger partial charge in [-0.2, -0.15) is 5.26 Å². The van der Waals surface area contributed by atoms with E-state index in [9.17, 15) is 4.79 Å². The number of furan rings is 1. The molecule has 0 atom stereocenters.